The Bertz CT molecular complexity index is 2920. The van der Waals surface area contributed by atoms with Gasteiger partial charge in [0.25, 0.3) is 0 Å². The number of hydrogen-bond acceptors (Lipinski definition) is 1. The molecule has 2 aliphatic carbocycles. The van der Waals surface area contributed by atoms with Crippen molar-refractivity contribution in [2.45, 2.75) is 24.7 Å². The smallest absolute Gasteiger partial charge is 0.0720 e. The predicted octanol–water partition coefficient (Wildman–Crippen LogP) is 14.6. The molecule has 9 aromatic rings. The molecular weight excluding hydrogens is 687 g/mol. The molecule has 1 heteroatoms. The van der Waals surface area contributed by atoms with Crippen LogP contribution in [0.15, 0.2) is 212 Å². The Morgan fingerprint density at radius 2 is 0.930 bits per heavy atom. The number of benzene rings is 9. The zero-order valence-electron chi connectivity index (χ0n) is 32.2. The molecule has 57 heavy (non-hydrogen) atoms. The van der Waals surface area contributed by atoms with E-state index in [0.717, 1.165) is 17.1 Å². The van der Waals surface area contributed by atoms with Gasteiger partial charge in [0.1, 0.15) is 0 Å². The van der Waals surface area contributed by atoms with Crippen molar-refractivity contribution in [3.63, 3.8) is 0 Å². The summed E-state index contributed by atoms with van der Waals surface area (Å²) in [5, 5.41) is 2.53. The van der Waals surface area contributed by atoms with Gasteiger partial charge in [-0.15, -0.1) is 0 Å². The van der Waals surface area contributed by atoms with Crippen LogP contribution in [0, 0.1) is 0 Å². The van der Waals surface area contributed by atoms with E-state index in [1.54, 1.807) is 0 Å². The molecular formula is C56H41N. The minimum Gasteiger partial charge on any atom is -0.310 e. The number of fused-ring (bicyclic) bond motifs is 8. The number of anilines is 3. The first kappa shape index (κ1) is 33.4. The molecule has 2 aliphatic rings. The van der Waals surface area contributed by atoms with E-state index in [1.165, 1.54) is 77.5 Å². The number of para-hydroxylation sites is 1. The molecule has 0 N–H and O–H groups in total. The van der Waals surface area contributed by atoms with E-state index in [4.69, 9.17) is 0 Å². The lowest BCUT2D eigenvalue weighted by Crippen LogP contribution is -2.29. The fraction of sp³-hybridized carbons (Fsp3) is 0.0714. The fourth-order valence-corrected chi connectivity index (χ4v) is 10.3. The van der Waals surface area contributed by atoms with Gasteiger partial charge in [-0.3, -0.25) is 0 Å². The molecule has 11 rings (SSSR count). The Kier molecular flexibility index (Phi) is 7.50. The largest absolute Gasteiger partial charge is 0.310 e. The lowest BCUT2D eigenvalue weighted by Gasteiger charge is -2.35. The van der Waals surface area contributed by atoms with Crippen molar-refractivity contribution in [1.82, 2.24) is 0 Å². The Hall–Kier alpha value is -6.96. The summed E-state index contributed by atoms with van der Waals surface area (Å²) in [5.74, 6) is 0. The van der Waals surface area contributed by atoms with Crippen LogP contribution >= 0.6 is 0 Å². The van der Waals surface area contributed by atoms with Gasteiger partial charge in [-0.2, -0.15) is 0 Å². The molecule has 0 saturated heterocycles. The van der Waals surface area contributed by atoms with Gasteiger partial charge in [-0.05, 0) is 108 Å². The number of hydrogen-bond donors (Lipinski definition) is 0. The Labute approximate surface area is 335 Å². The monoisotopic (exact) mass is 727 g/mol. The molecule has 0 atom stereocenters. The molecule has 0 spiro atoms. The molecule has 0 amide bonds. The molecule has 0 fully saturated rings. The van der Waals surface area contributed by atoms with Crippen molar-refractivity contribution < 1.29 is 0 Å². The average Bonchev–Trinajstić information content (AvgIpc) is 3.71. The van der Waals surface area contributed by atoms with E-state index in [0.29, 0.717) is 0 Å². The van der Waals surface area contributed by atoms with Crippen molar-refractivity contribution in [3.05, 3.63) is 246 Å². The summed E-state index contributed by atoms with van der Waals surface area (Å²) in [4.78, 5) is 2.51. The van der Waals surface area contributed by atoms with Gasteiger partial charge >= 0.3 is 0 Å². The van der Waals surface area contributed by atoms with Crippen LogP contribution in [0.3, 0.4) is 0 Å². The average molecular weight is 728 g/mol. The van der Waals surface area contributed by atoms with Gasteiger partial charge in [-0.1, -0.05) is 190 Å². The third-order valence-electron chi connectivity index (χ3n) is 12.7. The van der Waals surface area contributed by atoms with Crippen LogP contribution in [0.1, 0.15) is 47.2 Å². The highest BCUT2D eigenvalue weighted by Gasteiger charge is 2.49. The second-order valence-electron chi connectivity index (χ2n) is 16.0. The highest BCUT2D eigenvalue weighted by atomic mass is 15.1. The normalized spacial score (nSPS) is 14.1. The first-order chi connectivity index (χ1) is 28.1. The molecule has 0 bridgehead atoms. The Morgan fingerprint density at radius 1 is 0.368 bits per heavy atom. The lowest BCUT2D eigenvalue weighted by atomic mass is 9.66. The standard InChI is InChI=1S/C56H41N/c1-55(2)49-31-18-17-29-44(49)45-35-34-42(36-51(45)55)57(41-26-13-6-14-27-41)52-33-19-32-50-53(52)48-37-47(38-20-7-3-8-21-38)43-28-15-16-30-46(43)54(48)56(50,39-22-9-4-10-23-39)40-24-11-5-12-25-40/h3-37H,1-2H3. The summed E-state index contributed by atoms with van der Waals surface area (Å²) in [7, 11) is 0. The second-order valence-corrected chi connectivity index (χ2v) is 16.0. The molecule has 0 heterocycles. The first-order valence-corrected chi connectivity index (χ1v) is 20.0. The van der Waals surface area contributed by atoms with Crippen LogP contribution in [-0.2, 0) is 10.8 Å². The van der Waals surface area contributed by atoms with E-state index in [9.17, 15) is 0 Å². The number of nitrogens with zero attached hydrogens (tertiary/aromatic N) is 1. The van der Waals surface area contributed by atoms with Crippen molar-refractivity contribution in [2.75, 3.05) is 4.90 Å². The Balaban J connectivity index is 1.28. The van der Waals surface area contributed by atoms with Crippen molar-refractivity contribution in [1.29, 1.82) is 0 Å². The Morgan fingerprint density at radius 3 is 1.63 bits per heavy atom. The summed E-state index contributed by atoms with van der Waals surface area (Å²) in [6.45, 7) is 4.74. The zero-order valence-corrected chi connectivity index (χ0v) is 32.2. The summed E-state index contributed by atoms with van der Waals surface area (Å²) in [5.41, 5.74) is 18.2. The van der Waals surface area contributed by atoms with Crippen LogP contribution in [-0.4, -0.2) is 0 Å². The highest BCUT2D eigenvalue weighted by molar-refractivity contribution is 6.10. The third-order valence-corrected chi connectivity index (χ3v) is 12.7. The lowest BCUT2D eigenvalue weighted by molar-refractivity contribution is 0.660. The summed E-state index contributed by atoms with van der Waals surface area (Å²) in [6, 6.07) is 78.8. The molecule has 0 aliphatic heterocycles. The van der Waals surface area contributed by atoms with E-state index in [-0.39, 0.29) is 5.41 Å². The van der Waals surface area contributed by atoms with Crippen molar-refractivity contribution in [3.8, 4) is 33.4 Å². The van der Waals surface area contributed by atoms with Crippen molar-refractivity contribution >= 4 is 27.8 Å². The maximum atomic E-state index is 2.51. The van der Waals surface area contributed by atoms with Gasteiger partial charge in [0.2, 0.25) is 0 Å². The molecule has 0 unspecified atom stereocenters. The van der Waals surface area contributed by atoms with Gasteiger partial charge < -0.3 is 4.90 Å². The predicted molar refractivity (Wildman–Crippen MR) is 239 cm³/mol. The van der Waals surface area contributed by atoms with Crippen molar-refractivity contribution in [2.24, 2.45) is 0 Å². The van der Waals surface area contributed by atoms with E-state index >= 15 is 0 Å². The van der Waals surface area contributed by atoms with Crippen LogP contribution in [0.25, 0.3) is 44.2 Å². The minimum atomic E-state index is -0.581. The van der Waals surface area contributed by atoms with E-state index in [1.807, 2.05) is 0 Å². The molecule has 9 aromatic carbocycles. The maximum absolute atomic E-state index is 2.51. The SMILES string of the molecule is CC1(C)c2ccccc2-c2ccc(N(c3ccccc3)c3cccc4c3-c3cc(-c5ccccc5)c5ccccc5c3C4(c3ccccc3)c3ccccc3)cc21. The molecule has 270 valence electrons. The third kappa shape index (κ3) is 4.82. The van der Waals surface area contributed by atoms with Crippen LogP contribution in [0.2, 0.25) is 0 Å². The second kappa shape index (κ2) is 12.8. The van der Waals surface area contributed by atoms with Crippen LogP contribution < -0.4 is 4.90 Å². The van der Waals surface area contributed by atoms with Crippen LogP contribution in [0.5, 0.6) is 0 Å². The minimum absolute atomic E-state index is 0.130. The summed E-state index contributed by atoms with van der Waals surface area (Å²) >= 11 is 0. The van der Waals surface area contributed by atoms with E-state index in [2.05, 4.69) is 231 Å². The van der Waals surface area contributed by atoms with Gasteiger partial charge in [0.05, 0.1) is 11.1 Å². The zero-order chi connectivity index (χ0) is 38.1. The van der Waals surface area contributed by atoms with Gasteiger partial charge in [0.15, 0.2) is 0 Å². The molecule has 0 saturated carbocycles. The van der Waals surface area contributed by atoms with Crippen LogP contribution in [0.4, 0.5) is 17.1 Å². The number of rotatable bonds is 6. The molecule has 1 nitrogen and oxygen atoms in total. The van der Waals surface area contributed by atoms with Gasteiger partial charge in [0, 0.05) is 22.4 Å². The topological polar surface area (TPSA) is 3.24 Å². The first-order valence-electron chi connectivity index (χ1n) is 20.0. The maximum Gasteiger partial charge on any atom is 0.0720 e. The van der Waals surface area contributed by atoms with E-state index < -0.39 is 5.41 Å². The molecule has 0 radical (unpaired) electrons. The van der Waals surface area contributed by atoms with Gasteiger partial charge in [-0.25, -0.2) is 0 Å². The summed E-state index contributed by atoms with van der Waals surface area (Å²) in [6.07, 6.45) is 0. The summed E-state index contributed by atoms with van der Waals surface area (Å²) < 4.78 is 0. The molecule has 0 aromatic heterocycles. The highest BCUT2D eigenvalue weighted by Crippen LogP contribution is 2.62. The quantitative estimate of drug-likeness (QED) is 0.165. The fourth-order valence-electron chi connectivity index (χ4n) is 10.3.